The number of rotatable bonds is 3. The summed E-state index contributed by atoms with van der Waals surface area (Å²) in [7, 11) is 0. The Morgan fingerprint density at radius 2 is 0.671 bits per heavy atom. The van der Waals surface area contributed by atoms with Crippen LogP contribution in [0, 0.1) is 0 Å². The SMILES string of the molecule is CC(C)(C)c1cc2c3c(c1)c1c4ccccc4c4ccccc4c1n3-c1cc(N(c3ccccc3)c3ccccc3)cc3c1B2c1cc(C(C)(C)C)cc2c4c5ccccc5c5ccccc5c4n-3c12. The maximum atomic E-state index is 2.71. The molecule has 2 aliphatic heterocycles. The van der Waals surface area contributed by atoms with Gasteiger partial charge >= 0.3 is 0 Å². The average molecular weight is 896 g/mol. The van der Waals surface area contributed by atoms with E-state index in [4.69, 9.17) is 0 Å². The summed E-state index contributed by atoms with van der Waals surface area (Å²) in [5.41, 5.74) is 17.6. The van der Waals surface area contributed by atoms with Gasteiger partial charge in [-0.3, -0.25) is 0 Å². The van der Waals surface area contributed by atoms with Gasteiger partial charge < -0.3 is 14.0 Å². The number of hydrogen-bond donors (Lipinski definition) is 0. The van der Waals surface area contributed by atoms with Gasteiger partial charge in [0.15, 0.2) is 0 Å². The molecule has 4 heterocycles. The Hall–Kier alpha value is -8.08. The van der Waals surface area contributed by atoms with Crippen molar-refractivity contribution in [1.29, 1.82) is 0 Å². The van der Waals surface area contributed by atoms with Crippen molar-refractivity contribution in [3.63, 3.8) is 0 Å². The highest BCUT2D eigenvalue weighted by Crippen LogP contribution is 2.49. The molecule has 0 atom stereocenters. The minimum absolute atomic E-state index is 0.0424. The van der Waals surface area contributed by atoms with E-state index >= 15 is 0 Å². The maximum absolute atomic E-state index is 2.71. The standard InChI is InChI=1S/C66H50BN3/c1-65(2,3)39-33-52-58-48-29-17-13-25-44(48)46-27-15-19-31-50(46)63(58)69-56-37-43(68(41-21-9-7-10-22-41)42-23-11-8-12-24-42)38-57-60(56)67(54(35-39)61(52)69)55-36-40(66(4,5)6)34-53-59-49-30-18-14-26-45(49)47-28-16-20-32-51(47)64(59)70(57)62(53)55/h7-38H,1-6H3. The molecule has 2 aromatic heterocycles. The largest absolute Gasteiger partial charge is 0.310 e. The lowest BCUT2D eigenvalue weighted by Crippen LogP contribution is -2.59. The fourth-order valence-corrected chi connectivity index (χ4v) is 12.9. The van der Waals surface area contributed by atoms with Gasteiger partial charge in [0.25, 0.3) is 6.71 Å². The van der Waals surface area contributed by atoms with E-state index in [1.54, 1.807) is 0 Å². The van der Waals surface area contributed by atoms with Gasteiger partial charge in [-0.2, -0.15) is 0 Å². The van der Waals surface area contributed by atoms with Gasteiger partial charge in [0.1, 0.15) is 0 Å². The summed E-state index contributed by atoms with van der Waals surface area (Å²) >= 11 is 0. The summed E-state index contributed by atoms with van der Waals surface area (Å²) in [4.78, 5) is 2.47. The zero-order valence-electron chi connectivity index (χ0n) is 40.4. The number of hydrogen-bond acceptors (Lipinski definition) is 1. The van der Waals surface area contributed by atoms with Gasteiger partial charge in [0.2, 0.25) is 0 Å². The molecule has 0 fully saturated rings. The van der Waals surface area contributed by atoms with Crippen molar-refractivity contribution in [3.8, 4) is 11.4 Å². The molecule has 0 spiro atoms. The van der Waals surface area contributed by atoms with E-state index in [1.165, 1.54) is 126 Å². The Labute approximate surface area is 407 Å². The average Bonchev–Trinajstić information content (AvgIpc) is 3.92. The van der Waals surface area contributed by atoms with Gasteiger partial charge in [0.05, 0.1) is 16.7 Å². The predicted octanol–water partition coefficient (Wildman–Crippen LogP) is 15.7. The van der Waals surface area contributed by atoms with Crippen molar-refractivity contribution in [3.05, 3.63) is 205 Å². The summed E-state index contributed by atoms with van der Waals surface area (Å²) in [6.45, 7) is 14.3. The molecule has 0 aliphatic carbocycles. The van der Waals surface area contributed by atoms with Crippen molar-refractivity contribution in [2.75, 3.05) is 4.90 Å². The molecule has 332 valence electrons. The van der Waals surface area contributed by atoms with Crippen LogP contribution in [-0.2, 0) is 10.8 Å². The van der Waals surface area contributed by atoms with Crippen LogP contribution in [0.4, 0.5) is 17.1 Å². The molecule has 4 heteroatoms. The molecule has 0 amide bonds. The van der Waals surface area contributed by atoms with Crippen LogP contribution in [0.3, 0.4) is 0 Å². The Morgan fingerprint density at radius 3 is 1.06 bits per heavy atom. The van der Waals surface area contributed by atoms with Crippen molar-refractivity contribution >= 4 is 127 Å². The van der Waals surface area contributed by atoms with Gasteiger partial charge in [-0.15, -0.1) is 0 Å². The van der Waals surface area contributed by atoms with Gasteiger partial charge in [-0.1, -0.05) is 187 Å². The van der Waals surface area contributed by atoms with Crippen LogP contribution in [0.1, 0.15) is 52.7 Å². The van der Waals surface area contributed by atoms with Crippen LogP contribution in [-0.4, -0.2) is 15.8 Å². The third kappa shape index (κ3) is 5.21. The van der Waals surface area contributed by atoms with E-state index in [9.17, 15) is 0 Å². The molecule has 11 aromatic carbocycles. The van der Waals surface area contributed by atoms with Crippen LogP contribution in [0.5, 0.6) is 0 Å². The smallest absolute Gasteiger partial charge is 0.252 e. The van der Waals surface area contributed by atoms with Gasteiger partial charge in [0, 0.05) is 66.1 Å². The highest BCUT2D eigenvalue weighted by atomic mass is 15.2. The molecular weight excluding hydrogens is 846 g/mol. The quantitative estimate of drug-likeness (QED) is 0.127. The first-order chi connectivity index (χ1) is 34.0. The second kappa shape index (κ2) is 13.8. The number of nitrogens with zero attached hydrogens (tertiary/aromatic N) is 3. The molecule has 0 saturated heterocycles. The Balaban J connectivity index is 1.24. The van der Waals surface area contributed by atoms with Crippen LogP contribution >= 0.6 is 0 Å². The third-order valence-electron chi connectivity index (χ3n) is 16.1. The Kier molecular flexibility index (Phi) is 7.86. The van der Waals surface area contributed by atoms with Crippen LogP contribution in [0.25, 0.3) is 98.1 Å². The second-order valence-electron chi connectivity index (χ2n) is 22.1. The second-order valence-corrected chi connectivity index (χ2v) is 22.1. The van der Waals surface area contributed by atoms with Crippen LogP contribution in [0.2, 0.25) is 0 Å². The molecular formula is C66H50BN3. The monoisotopic (exact) mass is 895 g/mol. The minimum Gasteiger partial charge on any atom is -0.310 e. The lowest BCUT2D eigenvalue weighted by molar-refractivity contribution is 0.591. The zero-order chi connectivity index (χ0) is 46.9. The Morgan fingerprint density at radius 1 is 0.329 bits per heavy atom. The highest BCUT2D eigenvalue weighted by Gasteiger charge is 2.44. The molecule has 13 aromatic rings. The molecule has 2 aliphatic rings. The minimum atomic E-state index is -0.103. The maximum Gasteiger partial charge on any atom is 0.252 e. The fraction of sp³-hybridized carbons (Fsp3) is 0.121. The summed E-state index contributed by atoms with van der Waals surface area (Å²) in [6.07, 6.45) is 0. The lowest BCUT2D eigenvalue weighted by atomic mass is 9.34. The van der Waals surface area contributed by atoms with Crippen molar-refractivity contribution < 1.29 is 0 Å². The first-order valence-corrected chi connectivity index (χ1v) is 25.0. The van der Waals surface area contributed by atoms with Crippen molar-refractivity contribution in [1.82, 2.24) is 9.13 Å². The molecule has 0 saturated carbocycles. The summed E-state index contributed by atoms with van der Waals surface area (Å²) < 4.78 is 5.42. The first kappa shape index (κ1) is 39.9. The number of anilines is 3. The number of para-hydroxylation sites is 2. The molecule has 0 N–H and O–H groups in total. The number of benzene rings is 11. The first-order valence-electron chi connectivity index (χ1n) is 25.0. The summed E-state index contributed by atoms with van der Waals surface area (Å²) in [5, 5.41) is 15.6. The number of aromatic nitrogens is 2. The third-order valence-corrected chi connectivity index (χ3v) is 16.1. The lowest BCUT2D eigenvalue weighted by Gasteiger charge is -2.37. The molecule has 15 rings (SSSR count). The normalized spacial score (nSPS) is 13.3. The van der Waals surface area contributed by atoms with E-state index in [0.29, 0.717) is 0 Å². The zero-order valence-corrected chi connectivity index (χ0v) is 40.4. The van der Waals surface area contributed by atoms with Crippen LogP contribution in [0.15, 0.2) is 194 Å². The predicted molar refractivity (Wildman–Crippen MR) is 302 cm³/mol. The molecule has 70 heavy (non-hydrogen) atoms. The topological polar surface area (TPSA) is 13.1 Å². The molecule has 0 unspecified atom stereocenters. The van der Waals surface area contributed by atoms with Crippen molar-refractivity contribution in [2.45, 2.75) is 52.4 Å². The van der Waals surface area contributed by atoms with E-state index in [0.717, 1.165) is 17.1 Å². The molecule has 0 bridgehead atoms. The summed E-state index contributed by atoms with van der Waals surface area (Å²) in [6, 6.07) is 73.8. The molecule has 0 radical (unpaired) electrons. The van der Waals surface area contributed by atoms with Crippen LogP contribution < -0.4 is 21.3 Å². The Bertz CT molecular complexity index is 4150. The van der Waals surface area contributed by atoms with Gasteiger partial charge in [-0.25, -0.2) is 0 Å². The van der Waals surface area contributed by atoms with E-state index in [2.05, 4.69) is 250 Å². The van der Waals surface area contributed by atoms with Gasteiger partial charge in [-0.05, 0) is 119 Å². The molecule has 3 nitrogen and oxygen atoms in total. The highest BCUT2D eigenvalue weighted by molar-refractivity contribution is 7.00. The van der Waals surface area contributed by atoms with Crippen molar-refractivity contribution in [2.24, 2.45) is 0 Å². The number of fused-ring (bicyclic) bond motifs is 20. The van der Waals surface area contributed by atoms with E-state index < -0.39 is 0 Å². The van der Waals surface area contributed by atoms with E-state index in [1.807, 2.05) is 0 Å². The van der Waals surface area contributed by atoms with E-state index in [-0.39, 0.29) is 17.5 Å². The fourth-order valence-electron chi connectivity index (χ4n) is 12.9. The summed E-state index contributed by atoms with van der Waals surface area (Å²) in [5.74, 6) is 0.